The number of hydrogen-bond donors (Lipinski definition) is 1. The van der Waals surface area contributed by atoms with E-state index in [1.807, 2.05) is 45.7 Å². The molecule has 2 heterocycles. The molecule has 5 heteroatoms. The molecule has 0 aliphatic carbocycles. The van der Waals surface area contributed by atoms with Crippen LogP contribution >= 0.6 is 0 Å². The second-order valence-corrected chi connectivity index (χ2v) is 4.98. The van der Waals surface area contributed by atoms with Gasteiger partial charge >= 0.3 is 0 Å². The zero-order chi connectivity index (χ0) is 12.1. The Morgan fingerprint density at radius 3 is 2.62 bits per heavy atom. The van der Waals surface area contributed by atoms with Crippen LogP contribution in [0.4, 0.5) is 0 Å². The summed E-state index contributed by atoms with van der Waals surface area (Å²) in [5.41, 5.74) is 4.06. The molecule has 2 rings (SSSR count). The van der Waals surface area contributed by atoms with E-state index in [-0.39, 0.29) is 17.6 Å². The number of nitrogens with one attached hydrogen (secondary N) is 1. The van der Waals surface area contributed by atoms with Crippen LogP contribution in [-0.2, 0) is 5.66 Å². The molecule has 1 aromatic rings. The molecular weight excluding hydrogens is 204 g/mol. The lowest BCUT2D eigenvalue weighted by Gasteiger charge is -2.44. The van der Waals surface area contributed by atoms with Crippen molar-refractivity contribution in [3.63, 3.8) is 0 Å². The molecule has 0 atom stereocenters. The topological polar surface area (TPSA) is 50.2 Å². The summed E-state index contributed by atoms with van der Waals surface area (Å²) in [4.78, 5) is 11.9. The first kappa shape index (κ1) is 11.1. The monoisotopic (exact) mass is 222 g/mol. The van der Waals surface area contributed by atoms with Crippen LogP contribution in [0.1, 0.15) is 43.9 Å². The van der Waals surface area contributed by atoms with Gasteiger partial charge in [-0.25, -0.2) is 4.68 Å². The lowest BCUT2D eigenvalue weighted by atomic mass is 10.1. The summed E-state index contributed by atoms with van der Waals surface area (Å²) in [7, 11) is 0. The van der Waals surface area contributed by atoms with Crippen molar-refractivity contribution in [1.82, 2.24) is 20.2 Å². The summed E-state index contributed by atoms with van der Waals surface area (Å²) in [5.74, 6) is -0.0892. The highest BCUT2D eigenvalue weighted by atomic mass is 16.2. The van der Waals surface area contributed by atoms with Crippen LogP contribution in [0.3, 0.4) is 0 Å². The molecule has 1 aliphatic heterocycles. The fourth-order valence-corrected chi connectivity index (χ4v) is 2.24. The second-order valence-electron chi connectivity index (χ2n) is 4.98. The van der Waals surface area contributed by atoms with Crippen molar-refractivity contribution in [1.29, 1.82) is 0 Å². The van der Waals surface area contributed by atoms with E-state index >= 15 is 0 Å². The fraction of sp³-hybridized carbons (Fsp3) is 0.636. The summed E-state index contributed by atoms with van der Waals surface area (Å²) in [5, 5.41) is 6.33. The maximum atomic E-state index is 11.9. The molecule has 0 unspecified atom stereocenters. The zero-order valence-corrected chi connectivity index (χ0v) is 10.4. The molecule has 0 aromatic carbocycles. The first-order chi connectivity index (χ1) is 7.34. The number of nitrogens with zero attached hydrogens (tertiary/aromatic N) is 3. The largest absolute Gasteiger partial charge is 0.284 e. The lowest BCUT2D eigenvalue weighted by molar-refractivity contribution is -0.0427. The number of rotatable bonds is 1. The van der Waals surface area contributed by atoms with Crippen molar-refractivity contribution in [3.05, 3.63) is 17.5 Å². The Labute approximate surface area is 95.4 Å². The van der Waals surface area contributed by atoms with E-state index in [4.69, 9.17) is 0 Å². The summed E-state index contributed by atoms with van der Waals surface area (Å²) >= 11 is 0. The van der Waals surface area contributed by atoms with Gasteiger partial charge in [0.15, 0.2) is 0 Å². The SMILES string of the molecule is Cc1cc2n(n1)C(C)(C)N(C(C)C)NC2=O. The van der Waals surface area contributed by atoms with E-state index in [0.29, 0.717) is 5.69 Å². The Morgan fingerprint density at radius 1 is 1.44 bits per heavy atom. The van der Waals surface area contributed by atoms with Crippen molar-refractivity contribution in [2.75, 3.05) is 0 Å². The molecule has 1 N–H and O–H groups in total. The minimum Gasteiger partial charge on any atom is -0.281 e. The van der Waals surface area contributed by atoms with E-state index in [0.717, 1.165) is 5.69 Å². The molecule has 1 aliphatic rings. The maximum Gasteiger partial charge on any atom is 0.284 e. The quantitative estimate of drug-likeness (QED) is 0.778. The molecule has 1 aromatic heterocycles. The third-order valence-corrected chi connectivity index (χ3v) is 2.91. The van der Waals surface area contributed by atoms with Crippen molar-refractivity contribution < 1.29 is 4.79 Å². The molecular formula is C11H18N4O. The average molecular weight is 222 g/mol. The van der Waals surface area contributed by atoms with Gasteiger partial charge in [0.2, 0.25) is 0 Å². The summed E-state index contributed by atoms with van der Waals surface area (Å²) in [6, 6.07) is 2.03. The smallest absolute Gasteiger partial charge is 0.281 e. The molecule has 0 spiro atoms. The van der Waals surface area contributed by atoms with Crippen molar-refractivity contribution in [3.8, 4) is 0 Å². The first-order valence-corrected chi connectivity index (χ1v) is 5.51. The van der Waals surface area contributed by atoms with Crippen molar-refractivity contribution >= 4 is 5.91 Å². The van der Waals surface area contributed by atoms with E-state index in [1.165, 1.54) is 0 Å². The van der Waals surface area contributed by atoms with Gasteiger partial charge in [0.25, 0.3) is 5.91 Å². The number of amides is 1. The second kappa shape index (κ2) is 3.31. The van der Waals surface area contributed by atoms with Crippen LogP contribution in [0.2, 0.25) is 0 Å². The van der Waals surface area contributed by atoms with Gasteiger partial charge in [-0.05, 0) is 40.7 Å². The molecule has 0 saturated carbocycles. The molecule has 0 saturated heterocycles. The van der Waals surface area contributed by atoms with E-state index in [2.05, 4.69) is 10.5 Å². The minimum absolute atomic E-state index is 0.0892. The van der Waals surface area contributed by atoms with Gasteiger partial charge in [0.1, 0.15) is 11.4 Å². The Balaban J connectivity index is 2.55. The number of carbonyl (C=O) groups is 1. The first-order valence-electron chi connectivity index (χ1n) is 5.51. The molecule has 0 fully saturated rings. The normalized spacial score (nSPS) is 19.8. The highest BCUT2D eigenvalue weighted by molar-refractivity contribution is 5.93. The van der Waals surface area contributed by atoms with Crippen molar-refractivity contribution in [2.45, 2.75) is 46.3 Å². The number of fused-ring (bicyclic) bond motifs is 1. The Hall–Kier alpha value is -1.36. The highest BCUT2D eigenvalue weighted by Gasteiger charge is 2.40. The average Bonchev–Trinajstić information content (AvgIpc) is 2.54. The van der Waals surface area contributed by atoms with Gasteiger partial charge in [-0.1, -0.05) is 0 Å². The molecule has 5 nitrogen and oxygen atoms in total. The van der Waals surface area contributed by atoms with Gasteiger partial charge in [-0.15, -0.1) is 0 Å². The van der Waals surface area contributed by atoms with Crippen LogP contribution < -0.4 is 5.43 Å². The van der Waals surface area contributed by atoms with Gasteiger partial charge in [-0.2, -0.15) is 10.1 Å². The number of aryl methyl sites for hydroxylation is 1. The summed E-state index contributed by atoms with van der Waals surface area (Å²) in [6.07, 6.45) is 0. The predicted molar refractivity (Wildman–Crippen MR) is 60.7 cm³/mol. The highest BCUT2D eigenvalue weighted by Crippen LogP contribution is 2.27. The fourth-order valence-electron chi connectivity index (χ4n) is 2.24. The standard InChI is InChI=1S/C11H18N4O/c1-7(2)14-11(4,5)15-9(10(16)13-14)6-8(3)12-15/h6-7H,1-5H3,(H,13,16). The Bertz CT molecular complexity index is 433. The third-order valence-electron chi connectivity index (χ3n) is 2.91. The number of aromatic nitrogens is 2. The minimum atomic E-state index is -0.342. The summed E-state index contributed by atoms with van der Waals surface area (Å²) < 4.78 is 1.79. The molecule has 0 radical (unpaired) electrons. The summed E-state index contributed by atoms with van der Waals surface area (Å²) in [6.45, 7) is 10.1. The lowest BCUT2D eigenvalue weighted by Crippen LogP contribution is -2.63. The van der Waals surface area contributed by atoms with E-state index in [9.17, 15) is 4.79 Å². The van der Waals surface area contributed by atoms with Crippen LogP contribution in [0.25, 0.3) is 0 Å². The van der Waals surface area contributed by atoms with Crippen LogP contribution in [0, 0.1) is 6.92 Å². The van der Waals surface area contributed by atoms with E-state index in [1.54, 1.807) is 4.68 Å². The van der Waals surface area contributed by atoms with Crippen LogP contribution in [0.5, 0.6) is 0 Å². The molecule has 88 valence electrons. The van der Waals surface area contributed by atoms with Crippen molar-refractivity contribution in [2.24, 2.45) is 0 Å². The Morgan fingerprint density at radius 2 is 2.06 bits per heavy atom. The van der Waals surface area contributed by atoms with Gasteiger partial charge in [0.05, 0.1) is 5.69 Å². The number of hydrazine groups is 1. The maximum absolute atomic E-state index is 11.9. The third kappa shape index (κ3) is 1.43. The zero-order valence-electron chi connectivity index (χ0n) is 10.4. The molecule has 16 heavy (non-hydrogen) atoms. The van der Waals surface area contributed by atoms with Gasteiger partial charge in [-0.3, -0.25) is 10.2 Å². The predicted octanol–water partition coefficient (Wildman–Crippen LogP) is 1.25. The molecule has 1 amide bonds. The Kier molecular flexibility index (Phi) is 2.31. The van der Waals surface area contributed by atoms with Gasteiger partial charge in [0, 0.05) is 6.04 Å². The molecule has 0 bridgehead atoms. The van der Waals surface area contributed by atoms with Crippen LogP contribution in [-0.4, -0.2) is 26.7 Å². The van der Waals surface area contributed by atoms with Gasteiger partial charge < -0.3 is 0 Å². The van der Waals surface area contributed by atoms with Crippen LogP contribution in [0.15, 0.2) is 6.07 Å². The number of hydrogen-bond acceptors (Lipinski definition) is 3. The number of carbonyl (C=O) groups excluding carboxylic acids is 1. The van der Waals surface area contributed by atoms with E-state index < -0.39 is 0 Å².